The van der Waals surface area contributed by atoms with Gasteiger partial charge < -0.3 is 16.0 Å². The van der Waals surface area contributed by atoms with Gasteiger partial charge in [-0.05, 0) is 42.7 Å². The highest BCUT2D eigenvalue weighted by atomic mass is 16.1. The molecule has 1 amide bonds. The molecular weight excluding hydrogens is 376 g/mol. The second-order valence-electron chi connectivity index (χ2n) is 7.20. The van der Waals surface area contributed by atoms with Gasteiger partial charge in [0.2, 0.25) is 5.91 Å². The largest absolute Gasteiger partial charge is 0.383 e. The Morgan fingerprint density at radius 1 is 1.23 bits per heavy atom. The zero-order valence-electron chi connectivity index (χ0n) is 16.5. The summed E-state index contributed by atoms with van der Waals surface area (Å²) in [7, 11) is 0. The summed E-state index contributed by atoms with van der Waals surface area (Å²) in [6, 6.07) is 12.0. The number of anilines is 1. The molecule has 1 aliphatic carbocycles. The van der Waals surface area contributed by atoms with Crippen LogP contribution in [0.1, 0.15) is 34.9 Å². The predicted molar refractivity (Wildman–Crippen MR) is 115 cm³/mol. The molecule has 7 heteroatoms. The van der Waals surface area contributed by atoms with Gasteiger partial charge >= 0.3 is 0 Å². The number of para-hydroxylation sites is 1. The van der Waals surface area contributed by atoms with Crippen LogP contribution in [-0.2, 0) is 11.3 Å². The van der Waals surface area contributed by atoms with E-state index in [-0.39, 0.29) is 12.4 Å². The van der Waals surface area contributed by atoms with E-state index in [1.807, 2.05) is 50.4 Å². The molecule has 0 fully saturated rings. The van der Waals surface area contributed by atoms with Gasteiger partial charge in [-0.15, -0.1) is 0 Å². The minimum absolute atomic E-state index is 0.0637. The first-order valence-corrected chi connectivity index (χ1v) is 9.27. The van der Waals surface area contributed by atoms with Crippen molar-refractivity contribution in [1.29, 1.82) is 10.5 Å². The summed E-state index contributed by atoms with van der Waals surface area (Å²) < 4.78 is 1.80. The molecule has 0 radical (unpaired) electrons. The molecular formula is C23H18N6O. The molecule has 146 valence electrons. The van der Waals surface area contributed by atoms with Crippen molar-refractivity contribution < 1.29 is 4.79 Å². The van der Waals surface area contributed by atoms with E-state index in [0.717, 1.165) is 33.2 Å². The van der Waals surface area contributed by atoms with Crippen molar-refractivity contribution in [3.05, 3.63) is 64.0 Å². The fourth-order valence-corrected chi connectivity index (χ4v) is 4.04. The van der Waals surface area contributed by atoms with E-state index < -0.39 is 5.91 Å². The molecule has 3 aromatic rings. The maximum absolute atomic E-state index is 11.5. The predicted octanol–water partition coefficient (Wildman–Crippen LogP) is 3.14. The third-order valence-electron chi connectivity index (χ3n) is 5.43. The topological polar surface area (TPSA) is 135 Å². The Bertz CT molecular complexity index is 1390. The second kappa shape index (κ2) is 6.91. The van der Waals surface area contributed by atoms with Crippen LogP contribution >= 0.6 is 0 Å². The van der Waals surface area contributed by atoms with Gasteiger partial charge in [-0.2, -0.15) is 10.5 Å². The van der Waals surface area contributed by atoms with Gasteiger partial charge in [0.15, 0.2) is 0 Å². The van der Waals surface area contributed by atoms with Crippen LogP contribution in [0, 0.1) is 29.6 Å². The van der Waals surface area contributed by atoms with Crippen LogP contribution in [0.2, 0.25) is 0 Å². The first kappa shape index (κ1) is 19.0. The monoisotopic (exact) mass is 394 g/mol. The summed E-state index contributed by atoms with van der Waals surface area (Å²) in [6.07, 6.45) is 3.83. The van der Waals surface area contributed by atoms with Crippen LogP contribution in [0.15, 0.2) is 36.0 Å². The number of fused-ring (bicyclic) bond motifs is 2. The van der Waals surface area contributed by atoms with Crippen molar-refractivity contribution in [2.45, 2.75) is 20.4 Å². The minimum Gasteiger partial charge on any atom is -0.383 e. The van der Waals surface area contributed by atoms with Crippen molar-refractivity contribution in [2.75, 3.05) is 5.73 Å². The van der Waals surface area contributed by atoms with E-state index in [9.17, 15) is 15.3 Å². The number of nitrogens with zero attached hydrogens (tertiary/aromatic N) is 4. The summed E-state index contributed by atoms with van der Waals surface area (Å²) in [5, 5.41) is 20.2. The van der Waals surface area contributed by atoms with Crippen LogP contribution in [0.4, 0.5) is 5.82 Å². The highest BCUT2D eigenvalue weighted by molar-refractivity contribution is 6.10. The number of amides is 1. The molecule has 0 bridgehead atoms. The van der Waals surface area contributed by atoms with E-state index in [0.29, 0.717) is 22.4 Å². The summed E-state index contributed by atoms with van der Waals surface area (Å²) in [4.78, 5) is 15.9. The van der Waals surface area contributed by atoms with Crippen LogP contribution in [0.25, 0.3) is 28.1 Å². The molecule has 0 aliphatic heterocycles. The summed E-state index contributed by atoms with van der Waals surface area (Å²) >= 11 is 0. The highest BCUT2D eigenvalue weighted by Gasteiger charge is 2.29. The fraction of sp³-hybridized carbons (Fsp3) is 0.130. The highest BCUT2D eigenvalue weighted by Crippen LogP contribution is 2.44. The zero-order chi connectivity index (χ0) is 21.6. The Balaban J connectivity index is 2.02. The number of carbonyl (C=O) groups is 1. The van der Waals surface area contributed by atoms with Crippen molar-refractivity contribution in [3.63, 3.8) is 0 Å². The smallest absolute Gasteiger partial charge is 0.237 e. The summed E-state index contributed by atoms with van der Waals surface area (Å²) in [5.41, 5.74) is 17.4. The van der Waals surface area contributed by atoms with E-state index >= 15 is 0 Å². The Labute approximate surface area is 173 Å². The SMILES string of the molecule is CC1=C(C#N)c2nc(N)c(C#N)c(C)c2/C1=C\c1cn(CC(N)=O)c2ccccc12. The molecule has 7 nitrogen and oxygen atoms in total. The number of primary amides is 1. The number of aromatic nitrogens is 2. The fourth-order valence-electron chi connectivity index (χ4n) is 4.04. The van der Waals surface area contributed by atoms with E-state index in [2.05, 4.69) is 17.1 Å². The number of hydrogen-bond donors (Lipinski definition) is 2. The average molecular weight is 394 g/mol. The van der Waals surface area contributed by atoms with E-state index in [4.69, 9.17) is 11.5 Å². The van der Waals surface area contributed by atoms with Gasteiger partial charge in [-0.3, -0.25) is 4.79 Å². The van der Waals surface area contributed by atoms with Gasteiger partial charge in [0.05, 0.1) is 16.8 Å². The molecule has 1 aromatic carbocycles. The first-order valence-electron chi connectivity index (χ1n) is 9.27. The first-order chi connectivity index (χ1) is 14.4. The standard InChI is InChI=1S/C23H18N6O/c1-12-16(21-13(2)18(9-25)23(27)28-22(21)17(12)8-24)7-14-10-29(11-20(26)30)19-6-4-3-5-15(14)19/h3-7,10H,11H2,1-2H3,(H2,26,30)(H2,27,28)/b16-7-. The molecule has 2 heterocycles. The van der Waals surface area contributed by atoms with Crippen molar-refractivity contribution in [1.82, 2.24) is 9.55 Å². The number of allylic oxidation sites excluding steroid dienone is 3. The van der Waals surface area contributed by atoms with Crippen LogP contribution in [-0.4, -0.2) is 15.5 Å². The van der Waals surface area contributed by atoms with Crippen LogP contribution in [0.3, 0.4) is 0 Å². The van der Waals surface area contributed by atoms with Gasteiger partial charge in [0.25, 0.3) is 0 Å². The molecule has 2 aromatic heterocycles. The number of benzene rings is 1. The number of rotatable bonds is 3. The molecule has 30 heavy (non-hydrogen) atoms. The number of hydrogen-bond acceptors (Lipinski definition) is 5. The minimum atomic E-state index is -0.432. The van der Waals surface area contributed by atoms with Crippen molar-refractivity contribution >= 4 is 39.9 Å². The number of nitrogens with two attached hydrogens (primary N) is 2. The molecule has 0 unspecified atom stereocenters. The van der Waals surface area contributed by atoms with Crippen LogP contribution < -0.4 is 11.5 Å². The third-order valence-corrected chi connectivity index (χ3v) is 5.43. The number of pyridine rings is 1. The zero-order valence-corrected chi connectivity index (χ0v) is 16.5. The lowest BCUT2D eigenvalue weighted by molar-refractivity contribution is -0.118. The van der Waals surface area contributed by atoms with Gasteiger partial charge in [0.1, 0.15) is 24.5 Å². The molecule has 4 N–H and O–H groups in total. The second-order valence-corrected chi connectivity index (χ2v) is 7.20. The Kier molecular flexibility index (Phi) is 4.37. The lowest BCUT2D eigenvalue weighted by Gasteiger charge is -2.10. The van der Waals surface area contributed by atoms with E-state index in [1.165, 1.54) is 0 Å². The van der Waals surface area contributed by atoms with Crippen LogP contribution in [0.5, 0.6) is 0 Å². The molecule has 0 atom stereocenters. The molecule has 0 saturated heterocycles. The average Bonchev–Trinajstić information content (AvgIpc) is 3.17. The maximum Gasteiger partial charge on any atom is 0.237 e. The molecule has 0 saturated carbocycles. The quantitative estimate of drug-likeness (QED) is 0.703. The van der Waals surface area contributed by atoms with Gasteiger partial charge in [0, 0.05) is 28.2 Å². The number of carbonyl (C=O) groups excluding carboxylic acids is 1. The van der Waals surface area contributed by atoms with Gasteiger partial charge in [-0.25, -0.2) is 4.98 Å². The molecule has 4 rings (SSSR count). The summed E-state index contributed by atoms with van der Waals surface area (Å²) in [5.74, 6) is -0.313. The molecule has 0 spiro atoms. The lowest BCUT2D eigenvalue weighted by atomic mass is 9.95. The van der Waals surface area contributed by atoms with Crippen molar-refractivity contribution in [3.8, 4) is 12.1 Å². The Morgan fingerprint density at radius 3 is 2.63 bits per heavy atom. The van der Waals surface area contributed by atoms with Gasteiger partial charge in [-0.1, -0.05) is 18.2 Å². The normalized spacial score (nSPS) is 14.1. The Morgan fingerprint density at radius 2 is 1.97 bits per heavy atom. The third kappa shape index (κ3) is 2.73. The number of nitrogen functional groups attached to an aromatic ring is 1. The molecule has 1 aliphatic rings. The summed E-state index contributed by atoms with van der Waals surface area (Å²) in [6.45, 7) is 3.73. The van der Waals surface area contributed by atoms with Crippen molar-refractivity contribution in [2.24, 2.45) is 5.73 Å². The van der Waals surface area contributed by atoms with E-state index in [1.54, 1.807) is 4.57 Å². The lowest BCUT2D eigenvalue weighted by Crippen LogP contribution is -2.17. The number of nitriles is 2. The maximum atomic E-state index is 11.5. The Hall–Kier alpha value is -4.36.